The van der Waals surface area contributed by atoms with Gasteiger partial charge in [0.2, 0.25) is 0 Å². The summed E-state index contributed by atoms with van der Waals surface area (Å²) in [7, 11) is 0. The first-order valence-electron chi connectivity index (χ1n) is 14.8. The van der Waals surface area contributed by atoms with Gasteiger partial charge in [-0.2, -0.15) is 0 Å². The molecule has 0 aliphatic carbocycles. The summed E-state index contributed by atoms with van der Waals surface area (Å²) in [6.45, 7) is -0.0881. The Bertz CT molecular complexity index is 1430. The van der Waals surface area contributed by atoms with Crippen molar-refractivity contribution in [2.75, 3.05) is 0 Å². The van der Waals surface area contributed by atoms with Crippen molar-refractivity contribution in [1.29, 1.82) is 0 Å². The fraction of sp³-hybridized carbons (Fsp3) is 0.222. The summed E-state index contributed by atoms with van der Waals surface area (Å²) in [6, 6.07) is 33.2. The number of hydrogen-bond donors (Lipinski definition) is 4. The minimum absolute atomic E-state index is 0.0294. The Labute approximate surface area is 267 Å². The Morgan fingerprint density at radius 1 is 0.478 bits per heavy atom. The van der Waals surface area contributed by atoms with Gasteiger partial charge < -0.3 is 30.3 Å². The first-order valence-corrected chi connectivity index (χ1v) is 14.8. The zero-order chi connectivity index (χ0) is 32.7. The summed E-state index contributed by atoms with van der Waals surface area (Å²) < 4.78 is 10.8. The zero-order valence-corrected chi connectivity index (χ0v) is 25.0. The van der Waals surface area contributed by atoms with Gasteiger partial charge in [-0.05, 0) is 22.3 Å². The van der Waals surface area contributed by atoms with Crippen molar-refractivity contribution in [3.8, 4) is 0 Å². The van der Waals surface area contributed by atoms with Crippen LogP contribution in [0.1, 0.15) is 22.3 Å². The molecule has 0 spiro atoms. The molecule has 10 nitrogen and oxygen atoms in total. The molecule has 0 saturated heterocycles. The van der Waals surface area contributed by atoms with Gasteiger partial charge in [0, 0.05) is 12.8 Å². The van der Waals surface area contributed by atoms with E-state index in [9.17, 15) is 29.4 Å². The number of amides is 2. The lowest BCUT2D eigenvalue weighted by Crippen LogP contribution is -2.56. The van der Waals surface area contributed by atoms with Crippen LogP contribution in [-0.4, -0.2) is 58.3 Å². The Kier molecular flexibility index (Phi) is 12.6. The SMILES string of the molecule is O=C(N[C@H](Cc1ccccc1)C(=O)OCc1ccccc1)[C@@H](O)[C@H](O)C(=O)N[C@H](Cc1ccccc1)C(=O)OCc1ccccc1. The van der Waals surface area contributed by atoms with Crippen molar-refractivity contribution < 1.29 is 38.9 Å². The molecule has 0 bridgehead atoms. The van der Waals surface area contributed by atoms with E-state index in [4.69, 9.17) is 9.47 Å². The van der Waals surface area contributed by atoms with E-state index < -0.39 is 48.0 Å². The standard InChI is InChI=1S/C36H36N2O8/c39-31(33(41)37-29(21-25-13-5-1-6-14-25)35(43)45-23-27-17-9-3-10-18-27)32(40)34(42)38-30(22-26-15-7-2-8-16-26)36(44)46-24-28-19-11-4-12-20-28/h1-20,29-32,39-40H,21-24H2,(H,37,41)(H,38,42)/t29-,30-,31+,32+/m1/s1. The first kappa shape index (κ1) is 33.6. The number of nitrogens with one attached hydrogen (secondary N) is 2. The second-order valence-electron chi connectivity index (χ2n) is 10.6. The van der Waals surface area contributed by atoms with Crippen molar-refractivity contribution >= 4 is 23.8 Å². The molecule has 0 aliphatic rings. The van der Waals surface area contributed by atoms with Gasteiger partial charge in [-0.15, -0.1) is 0 Å². The Morgan fingerprint density at radius 2 is 0.761 bits per heavy atom. The van der Waals surface area contributed by atoms with E-state index in [-0.39, 0.29) is 26.1 Å². The van der Waals surface area contributed by atoms with E-state index in [0.29, 0.717) is 11.1 Å². The predicted molar refractivity (Wildman–Crippen MR) is 169 cm³/mol. The number of esters is 2. The van der Waals surface area contributed by atoms with Crippen molar-refractivity contribution in [2.45, 2.75) is 50.3 Å². The van der Waals surface area contributed by atoms with Crippen molar-refractivity contribution in [2.24, 2.45) is 0 Å². The summed E-state index contributed by atoms with van der Waals surface area (Å²) in [5.41, 5.74) is 2.88. The van der Waals surface area contributed by atoms with Gasteiger partial charge in [-0.25, -0.2) is 9.59 Å². The smallest absolute Gasteiger partial charge is 0.329 e. The third-order valence-electron chi connectivity index (χ3n) is 7.05. The lowest BCUT2D eigenvalue weighted by molar-refractivity contribution is -0.154. The van der Waals surface area contributed by atoms with Crippen LogP contribution < -0.4 is 10.6 Å². The maximum atomic E-state index is 13.0. The molecule has 4 aromatic carbocycles. The maximum absolute atomic E-state index is 13.0. The summed E-state index contributed by atoms with van der Waals surface area (Å²) in [5.74, 6) is -3.88. The van der Waals surface area contributed by atoms with Gasteiger partial charge in [0.25, 0.3) is 11.8 Å². The van der Waals surface area contributed by atoms with Crippen LogP contribution in [-0.2, 0) is 54.7 Å². The van der Waals surface area contributed by atoms with Crippen molar-refractivity contribution in [3.63, 3.8) is 0 Å². The minimum Gasteiger partial charge on any atom is -0.459 e. The molecular weight excluding hydrogens is 588 g/mol. The van der Waals surface area contributed by atoms with E-state index in [1.165, 1.54) is 0 Å². The molecule has 4 aromatic rings. The molecule has 10 heteroatoms. The number of benzene rings is 4. The lowest BCUT2D eigenvalue weighted by atomic mass is 10.0. The molecule has 2 amide bonds. The van der Waals surface area contributed by atoms with Crippen LogP contribution in [0.25, 0.3) is 0 Å². The van der Waals surface area contributed by atoms with E-state index >= 15 is 0 Å². The summed E-state index contributed by atoms with van der Waals surface area (Å²) in [5, 5.41) is 26.1. The fourth-order valence-electron chi connectivity index (χ4n) is 4.55. The van der Waals surface area contributed by atoms with Crippen LogP contribution in [0.4, 0.5) is 0 Å². The van der Waals surface area contributed by atoms with Gasteiger partial charge in [-0.3, -0.25) is 9.59 Å². The maximum Gasteiger partial charge on any atom is 0.329 e. The molecule has 0 unspecified atom stereocenters. The molecule has 238 valence electrons. The second kappa shape index (κ2) is 17.2. The van der Waals surface area contributed by atoms with Crippen LogP contribution in [0.2, 0.25) is 0 Å². The number of aliphatic hydroxyl groups excluding tert-OH is 2. The molecule has 46 heavy (non-hydrogen) atoms. The van der Waals surface area contributed by atoms with Crippen LogP contribution in [0, 0.1) is 0 Å². The normalized spacial score (nSPS) is 13.3. The van der Waals surface area contributed by atoms with Gasteiger partial charge >= 0.3 is 11.9 Å². The van der Waals surface area contributed by atoms with Gasteiger partial charge in [0.05, 0.1) is 0 Å². The molecule has 4 rings (SSSR count). The Hall–Kier alpha value is -5.32. The topological polar surface area (TPSA) is 151 Å². The predicted octanol–water partition coefficient (Wildman–Crippen LogP) is 2.65. The third kappa shape index (κ3) is 10.4. The van der Waals surface area contributed by atoms with Crippen molar-refractivity contribution in [1.82, 2.24) is 10.6 Å². The van der Waals surface area contributed by atoms with Crippen LogP contribution in [0.5, 0.6) is 0 Å². The van der Waals surface area contributed by atoms with Gasteiger partial charge in [0.1, 0.15) is 25.3 Å². The van der Waals surface area contributed by atoms with Gasteiger partial charge in [0.15, 0.2) is 12.2 Å². The van der Waals surface area contributed by atoms with E-state index in [1.807, 2.05) is 12.1 Å². The summed E-state index contributed by atoms with van der Waals surface area (Å²) in [6.07, 6.45) is -4.47. The number of aliphatic hydroxyl groups is 2. The summed E-state index contributed by atoms with van der Waals surface area (Å²) in [4.78, 5) is 52.1. The molecule has 0 aliphatic heterocycles. The Balaban J connectivity index is 1.41. The molecular formula is C36H36N2O8. The zero-order valence-electron chi connectivity index (χ0n) is 25.0. The average Bonchev–Trinajstić information content (AvgIpc) is 3.10. The lowest BCUT2D eigenvalue weighted by Gasteiger charge is -2.23. The number of carbonyl (C=O) groups is 4. The van der Waals surface area contributed by atoms with E-state index in [1.54, 1.807) is 109 Å². The summed E-state index contributed by atoms with van der Waals surface area (Å²) >= 11 is 0. The molecule has 0 fully saturated rings. The minimum atomic E-state index is -2.27. The molecule has 4 atom stereocenters. The largest absolute Gasteiger partial charge is 0.459 e. The highest BCUT2D eigenvalue weighted by atomic mass is 16.5. The monoisotopic (exact) mass is 624 g/mol. The Morgan fingerprint density at radius 3 is 1.07 bits per heavy atom. The highest BCUT2D eigenvalue weighted by Gasteiger charge is 2.35. The highest BCUT2D eigenvalue weighted by molar-refractivity contribution is 5.94. The van der Waals surface area contributed by atoms with Crippen LogP contribution >= 0.6 is 0 Å². The van der Waals surface area contributed by atoms with Crippen LogP contribution in [0.3, 0.4) is 0 Å². The fourth-order valence-corrected chi connectivity index (χ4v) is 4.55. The molecule has 0 radical (unpaired) electrons. The van der Waals surface area contributed by atoms with Crippen molar-refractivity contribution in [3.05, 3.63) is 144 Å². The quantitative estimate of drug-likeness (QED) is 0.148. The third-order valence-corrected chi connectivity index (χ3v) is 7.05. The van der Waals surface area contributed by atoms with Crippen LogP contribution in [0.15, 0.2) is 121 Å². The molecule has 0 heterocycles. The molecule has 4 N–H and O–H groups in total. The second-order valence-corrected chi connectivity index (χ2v) is 10.6. The highest BCUT2D eigenvalue weighted by Crippen LogP contribution is 2.11. The number of hydrogen-bond acceptors (Lipinski definition) is 8. The molecule has 0 aromatic heterocycles. The molecule has 0 saturated carbocycles. The van der Waals surface area contributed by atoms with Gasteiger partial charge in [-0.1, -0.05) is 121 Å². The number of rotatable bonds is 15. The number of carbonyl (C=O) groups excluding carboxylic acids is 4. The van der Waals surface area contributed by atoms with E-state index in [0.717, 1.165) is 11.1 Å². The van der Waals surface area contributed by atoms with E-state index in [2.05, 4.69) is 10.6 Å². The average molecular weight is 625 g/mol. The first-order chi connectivity index (χ1) is 22.3. The number of ether oxygens (including phenoxy) is 2.